The Morgan fingerprint density at radius 2 is 2.25 bits per heavy atom. The first kappa shape index (κ1) is 11.5. The molecule has 84 valence electrons. The number of nitrogens with two attached hydrogens (primary N) is 1. The molecule has 0 aliphatic rings. The highest BCUT2D eigenvalue weighted by Gasteiger charge is 2.05. The third-order valence-electron chi connectivity index (χ3n) is 1.96. The second-order valence-electron chi connectivity index (χ2n) is 3.18. The van der Waals surface area contributed by atoms with E-state index in [4.69, 9.17) is 10.5 Å². The molecular weight excluding hydrogens is 290 g/mol. The highest BCUT2D eigenvalue weighted by atomic mass is 79.9. The standard InChI is InChI=1S/C10H10BrN3OS/c1-6-4-7(2-3-8(6)11)15-10-14-13-9(5-12)16-10/h2-4H,5,12H2,1H3. The fraction of sp³-hybridized carbons (Fsp3) is 0.200. The van der Waals surface area contributed by atoms with Gasteiger partial charge in [0.2, 0.25) is 0 Å². The monoisotopic (exact) mass is 299 g/mol. The Bertz CT molecular complexity index is 501. The molecule has 1 aromatic heterocycles. The molecule has 0 radical (unpaired) electrons. The molecule has 16 heavy (non-hydrogen) atoms. The second kappa shape index (κ2) is 4.90. The molecule has 0 unspecified atom stereocenters. The lowest BCUT2D eigenvalue weighted by Gasteiger charge is -2.03. The Labute approximate surface area is 106 Å². The van der Waals surface area contributed by atoms with Crippen molar-refractivity contribution >= 4 is 27.3 Å². The molecule has 2 aromatic rings. The number of halogens is 1. The van der Waals surface area contributed by atoms with Crippen LogP contribution >= 0.6 is 27.3 Å². The molecule has 0 saturated carbocycles. The molecule has 1 aromatic carbocycles. The van der Waals surface area contributed by atoms with E-state index >= 15 is 0 Å². The van der Waals surface area contributed by atoms with E-state index in [2.05, 4.69) is 26.1 Å². The molecular formula is C10H10BrN3OS. The van der Waals surface area contributed by atoms with Crippen molar-refractivity contribution in [3.63, 3.8) is 0 Å². The first-order valence-corrected chi connectivity index (χ1v) is 6.26. The molecule has 0 saturated heterocycles. The summed E-state index contributed by atoms with van der Waals surface area (Å²) in [5.41, 5.74) is 6.56. The lowest BCUT2D eigenvalue weighted by atomic mass is 10.2. The Hall–Kier alpha value is -0.980. The van der Waals surface area contributed by atoms with Gasteiger partial charge in [-0.05, 0) is 30.7 Å². The van der Waals surface area contributed by atoms with Crippen molar-refractivity contribution in [2.45, 2.75) is 13.5 Å². The van der Waals surface area contributed by atoms with Gasteiger partial charge >= 0.3 is 0 Å². The van der Waals surface area contributed by atoms with Gasteiger partial charge in [-0.3, -0.25) is 0 Å². The van der Waals surface area contributed by atoms with Crippen LogP contribution in [0.5, 0.6) is 10.9 Å². The van der Waals surface area contributed by atoms with Gasteiger partial charge in [0.15, 0.2) is 0 Å². The zero-order valence-corrected chi connectivity index (χ0v) is 11.0. The lowest BCUT2D eigenvalue weighted by molar-refractivity contribution is 0.472. The SMILES string of the molecule is Cc1cc(Oc2nnc(CN)s2)ccc1Br. The minimum Gasteiger partial charge on any atom is -0.430 e. The zero-order valence-electron chi connectivity index (χ0n) is 8.61. The summed E-state index contributed by atoms with van der Waals surface area (Å²) in [6, 6.07) is 5.75. The molecule has 2 N–H and O–H groups in total. The predicted molar refractivity (Wildman–Crippen MR) is 66.8 cm³/mol. The summed E-state index contributed by atoms with van der Waals surface area (Å²) in [4.78, 5) is 0. The molecule has 0 aliphatic carbocycles. The van der Waals surface area contributed by atoms with Crippen LogP contribution in [0.15, 0.2) is 22.7 Å². The second-order valence-corrected chi connectivity index (χ2v) is 5.06. The first-order valence-electron chi connectivity index (χ1n) is 4.65. The third-order valence-corrected chi connectivity index (χ3v) is 3.67. The quantitative estimate of drug-likeness (QED) is 0.947. The Morgan fingerprint density at radius 1 is 1.44 bits per heavy atom. The van der Waals surface area contributed by atoms with Gasteiger partial charge < -0.3 is 10.5 Å². The van der Waals surface area contributed by atoms with Gasteiger partial charge in [-0.2, -0.15) is 0 Å². The minimum atomic E-state index is 0.389. The van der Waals surface area contributed by atoms with Gasteiger partial charge in [-0.15, -0.1) is 5.10 Å². The van der Waals surface area contributed by atoms with E-state index in [-0.39, 0.29) is 0 Å². The highest BCUT2D eigenvalue weighted by Crippen LogP contribution is 2.27. The number of ether oxygens (including phenoxy) is 1. The summed E-state index contributed by atoms with van der Waals surface area (Å²) in [6.45, 7) is 2.39. The summed E-state index contributed by atoms with van der Waals surface area (Å²) in [7, 11) is 0. The molecule has 0 bridgehead atoms. The van der Waals surface area contributed by atoms with E-state index in [0.29, 0.717) is 11.7 Å². The highest BCUT2D eigenvalue weighted by molar-refractivity contribution is 9.10. The van der Waals surface area contributed by atoms with E-state index in [1.165, 1.54) is 11.3 Å². The van der Waals surface area contributed by atoms with Crippen LogP contribution in [0, 0.1) is 6.92 Å². The maximum atomic E-state index is 5.57. The van der Waals surface area contributed by atoms with Crippen molar-refractivity contribution in [2.24, 2.45) is 5.73 Å². The lowest BCUT2D eigenvalue weighted by Crippen LogP contribution is -1.94. The molecule has 4 nitrogen and oxygen atoms in total. The molecule has 0 amide bonds. The molecule has 0 fully saturated rings. The molecule has 1 heterocycles. The van der Waals surface area contributed by atoms with Gasteiger partial charge in [0.25, 0.3) is 5.19 Å². The number of aryl methyl sites for hydroxylation is 1. The van der Waals surface area contributed by atoms with Crippen molar-refractivity contribution in [1.82, 2.24) is 10.2 Å². The van der Waals surface area contributed by atoms with Crippen LogP contribution in [0.2, 0.25) is 0 Å². The van der Waals surface area contributed by atoms with Crippen LogP contribution in [0.25, 0.3) is 0 Å². The summed E-state index contributed by atoms with van der Waals surface area (Å²) in [5.74, 6) is 0.750. The van der Waals surface area contributed by atoms with Gasteiger partial charge in [-0.25, -0.2) is 0 Å². The Morgan fingerprint density at radius 3 is 2.88 bits per heavy atom. The van der Waals surface area contributed by atoms with Crippen LogP contribution in [0.3, 0.4) is 0 Å². The smallest absolute Gasteiger partial charge is 0.299 e. The van der Waals surface area contributed by atoms with Crippen molar-refractivity contribution in [3.8, 4) is 10.9 Å². The van der Waals surface area contributed by atoms with Crippen LogP contribution in [0.4, 0.5) is 0 Å². The summed E-state index contributed by atoms with van der Waals surface area (Å²) in [6.07, 6.45) is 0. The van der Waals surface area contributed by atoms with Crippen LogP contribution < -0.4 is 10.5 Å². The Balaban J connectivity index is 2.17. The number of aromatic nitrogens is 2. The van der Waals surface area contributed by atoms with Gasteiger partial charge in [-0.1, -0.05) is 32.4 Å². The fourth-order valence-electron chi connectivity index (χ4n) is 1.14. The van der Waals surface area contributed by atoms with Crippen LogP contribution in [-0.2, 0) is 6.54 Å². The van der Waals surface area contributed by atoms with E-state index < -0.39 is 0 Å². The number of hydrogen-bond acceptors (Lipinski definition) is 5. The van der Waals surface area contributed by atoms with Gasteiger partial charge in [0.05, 0.1) is 0 Å². The van der Waals surface area contributed by atoms with Crippen molar-refractivity contribution in [2.75, 3.05) is 0 Å². The molecule has 6 heteroatoms. The summed E-state index contributed by atoms with van der Waals surface area (Å²) in [5, 5.41) is 9.05. The summed E-state index contributed by atoms with van der Waals surface area (Å²) >= 11 is 4.79. The molecule has 2 rings (SSSR count). The number of rotatable bonds is 3. The van der Waals surface area contributed by atoms with E-state index in [1.807, 2.05) is 25.1 Å². The van der Waals surface area contributed by atoms with Gasteiger partial charge in [0.1, 0.15) is 10.8 Å². The average molecular weight is 300 g/mol. The fourth-order valence-corrected chi connectivity index (χ4v) is 1.98. The summed E-state index contributed by atoms with van der Waals surface area (Å²) < 4.78 is 6.62. The first-order chi connectivity index (χ1) is 7.69. The van der Waals surface area contributed by atoms with Crippen molar-refractivity contribution in [1.29, 1.82) is 0 Å². The number of hydrogen-bond donors (Lipinski definition) is 1. The Kier molecular flexibility index (Phi) is 3.52. The molecule has 0 spiro atoms. The third kappa shape index (κ3) is 2.58. The normalized spacial score (nSPS) is 10.4. The van der Waals surface area contributed by atoms with Crippen LogP contribution in [0.1, 0.15) is 10.6 Å². The topological polar surface area (TPSA) is 61.0 Å². The largest absolute Gasteiger partial charge is 0.430 e. The van der Waals surface area contributed by atoms with Crippen molar-refractivity contribution in [3.05, 3.63) is 33.2 Å². The predicted octanol–water partition coefficient (Wildman–Crippen LogP) is 2.86. The van der Waals surface area contributed by atoms with Gasteiger partial charge in [0, 0.05) is 11.0 Å². The maximum absolute atomic E-state index is 5.57. The minimum absolute atomic E-state index is 0.389. The average Bonchev–Trinajstić information content (AvgIpc) is 2.71. The van der Waals surface area contributed by atoms with E-state index in [1.54, 1.807) is 0 Å². The van der Waals surface area contributed by atoms with Crippen LogP contribution in [-0.4, -0.2) is 10.2 Å². The number of nitrogens with zero attached hydrogens (tertiary/aromatic N) is 2. The van der Waals surface area contributed by atoms with E-state index in [0.717, 1.165) is 20.8 Å². The molecule has 0 atom stereocenters. The zero-order chi connectivity index (χ0) is 11.5. The van der Waals surface area contributed by atoms with E-state index in [9.17, 15) is 0 Å². The number of benzene rings is 1. The maximum Gasteiger partial charge on any atom is 0.299 e. The van der Waals surface area contributed by atoms with Crippen molar-refractivity contribution < 1.29 is 4.74 Å². The molecule has 0 aliphatic heterocycles.